The third-order valence-corrected chi connectivity index (χ3v) is 2.13. The molecule has 0 amide bonds. The second-order valence-corrected chi connectivity index (χ2v) is 3.08. The summed E-state index contributed by atoms with van der Waals surface area (Å²) in [5, 5.41) is 0. The molecule has 0 aromatic heterocycles. The SMILES string of the molecule is Cc1ccccc1C1=CC=CCO1. The van der Waals surface area contributed by atoms with Gasteiger partial charge in [-0.05, 0) is 24.6 Å². The van der Waals surface area contributed by atoms with Gasteiger partial charge in [-0.15, -0.1) is 0 Å². The van der Waals surface area contributed by atoms with Crippen LogP contribution in [0.25, 0.3) is 5.76 Å². The zero-order valence-electron chi connectivity index (χ0n) is 7.66. The Morgan fingerprint density at radius 1 is 1.23 bits per heavy atom. The molecule has 1 aliphatic heterocycles. The molecule has 0 saturated heterocycles. The van der Waals surface area contributed by atoms with Gasteiger partial charge < -0.3 is 4.74 Å². The van der Waals surface area contributed by atoms with E-state index in [1.54, 1.807) is 0 Å². The first kappa shape index (κ1) is 8.11. The first-order valence-corrected chi connectivity index (χ1v) is 4.43. The van der Waals surface area contributed by atoms with Crippen LogP contribution in [0.3, 0.4) is 0 Å². The molecule has 0 N–H and O–H groups in total. The molecule has 0 radical (unpaired) electrons. The maximum atomic E-state index is 5.52. The molecule has 0 spiro atoms. The summed E-state index contributed by atoms with van der Waals surface area (Å²) in [6, 6.07) is 8.25. The van der Waals surface area contributed by atoms with E-state index >= 15 is 0 Å². The van der Waals surface area contributed by atoms with Gasteiger partial charge >= 0.3 is 0 Å². The number of aryl methyl sites for hydroxylation is 1. The van der Waals surface area contributed by atoms with E-state index in [0.717, 1.165) is 5.76 Å². The van der Waals surface area contributed by atoms with Gasteiger partial charge in [0.15, 0.2) is 0 Å². The van der Waals surface area contributed by atoms with Gasteiger partial charge in [0.05, 0.1) is 0 Å². The lowest BCUT2D eigenvalue weighted by atomic mass is 10.1. The van der Waals surface area contributed by atoms with Crippen molar-refractivity contribution >= 4 is 5.76 Å². The topological polar surface area (TPSA) is 9.23 Å². The van der Waals surface area contributed by atoms with Crippen LogP contribution < -0.4 is 0 Å². The second-order valence-electron chi connectivity index (χ2n) is 3.08. The van der Waals surface area contributed by atoms with Crippen molar-refractivity contribution in [1.29, 1.82) is 0 Å². The average Bonchev–Trinajstić information content (AvgIpc) is 2.20. The lowest BCUT2D eigenvalue weighted by Gasteiger charge is -2.13. The van der Waals surface area contributed by atoms with E-state index in [1.165, 1.54) is 11.1 Å². The van der Waals surface area contributed by atoms with Crippen molar-refractivity contribution in [2.45, 2.75) is 6.92 Å². The molecule has 1 heteroatoms. The fraction of sp³-hybridized carbons (Fsp3) is 0.167. The molecule has 0 atom stereocenters. The number of benzene rings is 1. The average molecular weight is 172 g/mol. The van der Waals surface area contributed by atoms with Gasteiger partial charge in [-0.1, -0.05) is 30.3 Å². The van der Waals surface area contributed by atoms with Crippen LogP contribution in [-0.2, 0) is 4.74 Å². The van der Waals surface area contributed by atoms with Crippen molar-refractivity contribution in [2.75, 3.05) is 6.61 Å². The summed E-state index contributed by atoms with van der Waals surface area (Å²) in [6.45, 7) is 2.78. The summed E-state index contributed by atoms with van der Waals surface area (Å²) in [6.07, 6.45) is 6.04. The molecule has 0 bridgehead atoms. The third kappa shape index (κ3) is 1.64. The molecule has 66 valence electrons. The molecule has 0 unspecified atom stereocenters. The normalized spacial score (nSPS) is 15.0. The lowest BCUT2D eigenvalue weighted by molar-refractivity contribution is 0.316. The molecule has 13 heavy (non-hydrogen) atoms. The summed E-state index contributed by atoms with van der Waals surface area (Å²) >= 11 is 0. The van der Waals surface area contributed by atoms with Crippen LogP contribution in [0.2, 0.25) is 0 Å². The third-order valence-electron chi connectivity index (χ3n) is 2.13. The molecular weight excluding hydrogens is 160 g/mol. The van der Waals surface area contributed by atoms with Crippen molar-refractivity contribution in [2.24, 2.45) is 0 Å². The largest absolute Gasteiger partial charge is 0.489 e. The van der Waals surface area contributed by atoms with Crippen molar-refractivity contribution in [3.63, 3.8) is 0 Å². The Bertz CT molecular complexity index is 361. The van der Waals surface area contributed by atoms with E-state index < -0.39 is 0 Å². The van der Waals surface area contributed by atoms with Gasteiger partial charge in [-0.2, -0.15) is 0 Å². The summed E-state index contributed by atoms with van der Waals surface area (Å²) in [4.78, 5) is 0. The predicted octanol–water partition coefficient (Wildman–Crippen LogP) is 2.92. The van der Waals surface area contributed by atoms with E-state index in [4.69, 9.17) is 4.74 Å². The molecule has 1 nitrogen and oxygen atoms in total. The van der Waals surface area contributed by atoms with E-state index in [2.05, 4.69) is 19.1 Å². The summed E-state index contributed by atoms with van der Waals surface area (Å²) < 4.78 is 5.52. The molecule has 0 fully saturated rings. The first-order chi connectivity index (χ1) is 6.38. The highest BCUT2D eigenvalue weighted by molar-refractivity contribution is 5.65. The molecule has 2 rings (SSSR count). The number of hydrogen-bond acceptors (Lipinski definition) is 1. The predicted molar refractivity (Wildman–Crippen MR) is 54.2 cm³/mol. The van der Waals surface area contributed by atoms with E-state index in [1.807, 2.05) is 30.4 Å². The zero-order chi connectivity index (χ0) is 9.10. The van der Waals surface area contributed by atoms with Crippen molar-refractivity contribution in [1.82, 2.24) is 0 Å². The fourth-order valence-electron chi connectivity index (χ4n) is 1.41. The Kier molecular flexibility index (Phi) is 2.17. The Morgan fingerprint density at radius 2 is 2.08 bits per heavy atom. The van der Waals surface area contributed by atoms with Crippen LogP contribution >= 0.6 is 0 Å². The zero-order valence-corrected chi connectivity index (χ0v) is 7.66. The van der Waals surface area contributed by atoms with Crippen LogP contribution in [0, 0.1) is 6.92 Å². The van der Waals surface area contributed by atoms with Gasteiger partial charge in [0.25, 0.3) is 0 Å². The Balaban J connectivity index is 2.40. The highest BCUT2D eigenvalue weighted by Crippen LogP contribution is 2.21. The van der Waals surface area contributed by atoms with Crippen LogP contribution in [0.4, 0.5) is 0 Å². The number of rotatable bonds is 1. The molecule has 1 heterocycles. The lowest BCUT2D eigenvalue weighted by Crippen LogP contribution is -1.97. The highest BCUT2D eigenvalue weighted by atomic mass is 16.5. The number of ether oxygens (including phenoxy) is 1. The minimum absolute atomic E-state index is 0.681. The van der Waals surface area contributed by atoms with Crippen LogP contribution in [0.15, 0.2) is 42.5 Å². The maximum absolute atomic E-state index is 5.52. The quantitative estimate of drug-likeness (QED) is 0.632. The van der Waals surface area contributed by atoms with Gasteiger partial charge in [0.2, 0.25) is 0 Å². The van der Waals surface area contributed by atoms with Crippen LogP contribution in [0.5, 0.6) is 0 Å². The molecule has 1 aromatic carbocycles. The minimum atomic E-state index is 0.681. The molecule has 1 aromatic rings. The first-order valence-electron chi connectivity index (χ1n) is 4.43. The van der Waals surface area contributed by atoms with Gasteiger partial charge in [0, 0.05) is 5.56 Å². The molecular formula is C12H12O. The Labute approximate surface area is 78.3 Å². The van der Waals surface area contributed by atoms with Crippen molar-refractivity contribution in [3.8, 4) is 0 Å². The minimum Gasteiger partial charge on any atom is -0.489 e. The van der Waals surface area contributed by atoms with Gasteiger partial charge in [0.1, 0.15) is 12.4 Å². The van der Waals surface area contributed by atoms with Crippen molar-refractivity contribution < 1.29 is 4.74 Å². The molecule has 1 aliphatic rings. The molecule has 0 aliphatic carbocycles. The Hall–Kier alpha value is -1.50. The standard InChI is InChI=1S/C12H12O/c1-10-6-2-3-7-11(10)12-8-4-5-9-13-12/h2-8H,9H2,1H3. The van der Waals surface area contributed by atoms with Crippen LogP contribution in [-0.4, -0.2) is 6.61 Å². The number of hydrogen-bond donors (Lipinski definition) is 0. The second kappa shape index (κ2) is 3.48. The molecule has 0 saturated carbocycles. The Morgan fingerprint density at radius 3 is 2.77 bits per heavy atom. The van der Waals surface area contributed by atoms with Crippen molar-refractivity contribution in [3.05, 3.63) is 53.6 Å². The summed E-state index contributed by atoms with van der Waals surface area (Å²) in [7, 11) is 0. The van der Waals surface area contributed by atoms with Gasteiger partial charge in [-0.25, -0.2) is 0 Å². The van der Waals surface area contributed by atoms with E-state index in [9.17, 15) is 0 Å². The summed E-state index contributed by atoms with van der Waals surface area (Å²) in [5.41, 5.74) is 2.44. The van der Waals surface area contributed by atoms with E-state index in [0.29, 0.717) is 6.61 Å². The van der Waals surface area contributed by atoms with Crippen LogP contribution in [0.1, 0.15) is 11.1 Å². The smallest absolute Gasteiger partial charge is 0.127 e. The van der Waals surface area contributed by atoms with Gasteiger partial charge in [-0.3, -0.25) is 0 Å². The highest BCUT2D eigenvalue weighted by Gasteiger charge is 2.05. The number of allylic oxidation sites excluding steroid dienone is 2. The van der Waals surface area contributed by atoms with E-state index in [-0.39, 0.29) is 0 Å². The fourth-order valence-corrected chi connectivity index (χ4v) is 1.41. The maximum Gasteiger partial charge on any atom is 0.127 e. The monoisotopic (exact) mass is 172 g/mol. The summed E-state index contributed by atoms with van der Waals surface area (Å²) in [5.74, 6) is 0.973.